The van der Waals surface area contributed by atoms with Crippen LogP contribution in [0.25, 0.3) is 0 Å². The van der Waals surface area contributed by atoms with Gasteiger partial charge in [0, 0.05) is 6.54 Å². The molecule has 2 amide bonds. The van der Waals surface area contributed by atoms with Gasteiger partial charge in [-0.3, -0.25) is 0 Å². The minimum Gasteiger partial charge on any atom is -0.486 e. The highest BCUT2D eigenvalue weighted by molar-refractivity contribution is 5.88. The number of hydrogen-bond acceptors (Lipinski definition) is 5. The number of hydrogen-bond donors (Lipinski definition) is 2. The number of halogens is 1. The summed E-state index contributed by atoms with van der Waals surface area (Å²) in [5.41, 5.74) is 7.37. The van der Waals surface area contributed by atoms with Gasteiger partial charge in [-0.25, -0.2) is 9.18 Å². The molecule has 136 valence electrons. The monoisotopic (exact) mass is 358 g/mol. The zero-order valence-corrected chi connectivity index (χ0v) is 14.2. The Balaban J connectivity index is 1.76. The average molecular weight is 358 g/mol. The van der Waals surface area contributed by atoms with Gasteiger partial charge in [-0.2, -0.15) is 4.99 Å². The third-order valence-electron chi connectivity index (χ3n) is 4.68. The fourth-order valence-corrected chi connectivity index (χ4v) is 3.39. The number of nitrogens with one attached hydrogen (secondary N) is 1. The van der Waals surface area contributed by atoms with Crippen molar-refractivity contribution >= 4 is 11.9 Å². The Hall–Kier alpha value is -3.03. The van der Waals surface area contributed by atoms with Gasteiger partial charge in [-0.1, -0.05) is 13.0 Å². The molecule has 3 N–H and O–H groups in total. The van der Waals surface area contributed by atoms with Crippen molar-refractivity contribution in [2.75, 3.05) is 13.2 Å². The topological polar surface area (TPSA) is 89.2 Å². The zero-order valence-electron chi connectivity index (χ0n) is 14.2. The van der Waals surface area contributed by atoms with Crippen LogP contribution in [0.2, 0.25) is 0 Å². The van der Waals surface area contributed by atoms with E-state index in [0.717, 1.165) is 5.56 Å². The molecule has 0 saturated carbocycles. The van der Waals surface area contributed by atoms with Crippen LogP contribution in [0.1, 0.15) is 12.5 Å². The van der Waals surface area contributed by atoms with Gasteiger partial charge < -0.3 is 25.4 Å². The first-order valence-corrected chi connectivity index (χ1v) is 8.39. The lowest BCUT2D eigenvalue weighted by Crippen LogP contribution is -2.43. The van der Waals surface area contributed by atoms with Crippen LogP contribution >= 0.6 is 0 Å². The molecule has 26 heavy (non-hydrogen) atoms. The molecule has 3 aliphatic heterocycles. The quantitative estimate of drug-likeness (QED) is 0.693. The molecular weight excluding hydrogens is 339 g/mol. The second kappa shape index (κ2) is 6.36. The van der Waals surface area contributed by atoms with Crippen molar-refractivity contribution in [3.8, 4) is 5.75 Å². The van der Waals surface area contributed by atoms with Crippen molar-refractivity contribution in [1.82, 2.24) is 10.2 Å². The Morgan fingerprint density at radius 2 is 2.08 bits per heavy atom. The highest BCUT2D eigenvalue weighted by Crippen LogP contribution is 2.32. The van der Waals surface area contributed by atoms with Gasteiger partial charge in [0.15, 0.2) is 17.5 Å². The zero-order chi connectivity index (χ0) is 18.3. The van der Waals surface area contributed by atoms with E-state index in [9.17, 15) is 9.18 Å². The summed E-state index contributed by atoms with van der Waals surface area (Å²) < 4.78 is 25.1. The summed E-state index contributed by atoms with van der Waals surface area (Å²) in [6.45, 7) is 2.73. The van der Waals surface area contributed by atoms with Crippen molar-refractivity contribution in [1.29, 1.82) is 0 Å². The molecule has 8 heteroatoms. The highest BCUT2D eigenvalue weighted by atomic mass is 19.1. The predicted octanol–water partition coefficient (Wildman–Crippen LogP) is 1.86. The smallest absolute Gasteiger partial charge is 0.322 e. The van der Waals surface area contributed by atoms with Crippen LogP contribution in [0.15, 0.2) is 46.9 Å². The fraction of sp³-hybridized carbons (Fsp3) is 0.333. The molecule has 4 rings (SSSR count). The van der Waals surface area contributed by atoms with Gasteiger partial charge in [0.05, 0.1) is 17.7 Å². The van der Waals surface area contributed by atoms with Crippen LogP contribution in [0.3, 0.4) is 0 Å². The Bertz CT molecular complexity index is 849. The second-order valence-electron chi connectivity index (χ2n) is 6.40. The standard InChI is InChI=1S/C18H19FN4O3/c1-10-15-14-16(20)22-17(10)26-7-3-2-6-25-13-8-11(4-5-12(13)19)9-23(15)18(24)21-14/h2-5,8,10,15H,6-7,9,20H2,1H3,(H,21,24)/b3-2+. The lowest BCUT2D eigenvalue weighted by atomic mass is 9.95. The largest absolute Gasteiger partial charge is 0.486 e. The van der Waals surface area contributed by atoms with Crippen molar-refractivity contribution in [3.63, 3.8) is 0 Å². The van der Waals surface area contributed by atoms with Crippen LogP contribution in [-0.4, -0.2) is 36.1 Å². The molecule has 0 radical (unpaired) electrons. The molecule has 1 aromatic carbocycles. The summed E-state index contributed by atoms with van der Waals surface area (Å²) in [5.74, 6) is 0.280. The maximum absolute atomic E-state index is 14.0. The average Bonchev–Trinajstić information content (AvgIpc) is 2.94. The van der Waals surface area contributed by atoms with Gasteiger partial charge >= 0.3 is 6.03 Å². The van der Waals surface area contributed by atoms with E-state index in [2.05, 4.69) is 10.3 Å². The number of fused-ring (bicyclic) bond motifs is 3. The Morgan fingerprint density at radius 3 is 2.88 bits per heavy atom. The van der Waals surface area contributed by atoms with Crippen LogP contribution in [0, 0.1) is 11.7 Å². The van der Waals surface area contributed by atoms with E-state index in [-0.39, 0.29) is 49.3 Å². The molecule has 2 unspecified atom stereocenters. The molecule has 7 nitrogen and oxygen atoms in total. The third kappa shape index (κ3) is 2.77. The summed E-state index contributed by atoms with van der Waals surface area (Å²) in [4.78, 5) is 18.5. The minimum atomic E-state index is -0.443. The molecule has 3 aliphatic rings. The summed E-state index contributed by atoms with van der Waals surface area (Å²) in [7, 11) is 0. The van der Waals surface area contributed by atoms with Crippen LogP contribution in [-0.2, 0) is 11.3 Å². The van der Waals surface area contributed by atoms with Gasteiger partial charge in [-0.05, 0) is 29.8 Å². The predicted molar refractivity (Wildman–Crippen MR) is 92.7 cm³/mol. The van der Waals surface area contributed by atoms with Gasteiger partial charge in [0.25, 0.3) is 0 Å². The number of nitrogens with zero attached hydrogens (tertiary/aromatic N) is 2. The van der Waals surface area contributed by atoms with E-state index >= 15 is 0 Å². The number of nitrogens with two attached hydrogens (primary N) is 1. The number of carbonyl (C=O) groups is 1. The second-order valence-corrected chi connectivity index (χ2v) is 6.40. The summed E-state index contributed by atoms with van der Waals surface area (Å²) in [6.07, 6.45) is 3.53. The van der Waals surface area contributed by atoms with Crippen molar-refractivity contribution < 1.29 is 18.7 Å². The lowest BCUT2D eigenvalue weighted by molar-refractivity contribution is 0.188. The first kappa shape index (κ1) is 16.4. The SMILES string of the molecule is CC1C2=NC(N)=C3NC(=O)N(Cc4ccc(F)c(c4)OC/C=C/CO2)C31. The van der Waals surface area contributed by atoms with Crippen molar-refractivity contribution in [2.24, 2.45) is 16.6 Å². The van der Waals surface area contributed by atoms with Crippen LogP contribution in [0.5, 0.6) is 5.75 Å². The molecule has 3 heterocycles. The first-order chi connectivity index (χ1) is 12.5. The summed E-state index contributed by atoms with van der Waals surface area (Å²) >= 11 is 0. The molecule has 0 aromatic heterocycles. The van der Waals surface area contributed by atoms with Gasteiger partial charge in [-0.15, -0.1) is 0 Å². The van der Waals surface area contributed by atoms with E-state index in [1.54, 1.807) is 29.2 Å². The lowest BCUT2D eigenvalue weighted by Gasteiger charge is -2.31. The van der Waals surface area contributed by atoms with Gasteiger partial charge in [0.2, 0.25) is 0 Å². The fourth-order valence-electron chi connectivity index (χ4n) is 3.39. The summed E-state index contributed by atoms with van der Waals surface area (Å²) in [5, 5.41) is 2.79. The van der Waals surface area contributed by atoms with E-state index in [0.29, 0.717) is 11.6 Å². The highest BCUT2D eigenvalue weighted by Gasteiger charge is 2.44. The molecule has 0 spiro atoms. The number of urea groups is 1. The maximum Gasteiger partial charge on any atom is 0.322 e. The van der Waals surface area contributed by atoms with E-state index in [1.165, 1.54) is 6.07 Å². The van der Waals surface area contributed by atoms with Crippen LogP contribution in [0.4, 0.5) is 9.18 Å². The number of rotatable bonds is 0. The normalized spacial score (nSPS) is 26.3. The van der Waals surface area contributed by atoms with Crippen molar-refractivity contribution in [2.45, 2.75) is 19.5 Å². The molecular formula is C18H19FN4O3. The molecule has 1 saturated heterocycles. The Labute approximate surface area is 150 Å². The van der Waals surface area contributed by atoms with E-state index in [4.69, 9.17) is 15.2 Å². The molecule has 1 fully saturated rings. The van der Waals surface area contributed by atoms with E-state index in [1.807, 2.05) is 6.92 Å². The number of ether oxygens (including phenoxy) is 2. The number of carbonyl (C=O) groups excluding carboxylic acids is 1. The molecule has 1 aromatic rings. The summed E-state index contributed by atoms with van der Waals surface area (Å²) in [6, 6.07) is 4.03. The first-order valence-electron chi connectivity index (χ1n) is 8.39. The number of amides is 2. The molecule has 4 bridgehead atoms. The number of aliphatic imine (C=N–C) groups is 1. The minimum absolute atomic E-state index is 0.152. The molecule has 2 atom stereocenters. The maximum atomic E-state index is 14.0. The number of benzene rings is 1. The molecule has 0 aliphatic carbocycles. The Morgan fingerprint density at radius 1 is 1.31 bits per heavy atom. The van der Waals surface area contributed by atoms with Gasteiger partial charge in [0.1, 0.15) is 19.0 Å². The Kier molecular flexibility index (Phi) is 4.02. The van der Waals surface area contributed by atoms with Crippen LogP contribution < -0.4 is 15.8 Å². The van der Waals surface area contributed by atoms with E-state index < -0.39 is 5.82 Å². The van der Waals surface area contributed by atoms with Crippen molar-refractivity contribution in [3.05, 3.63) is 53.2 Å². The third-order valence-corrected chi connectivity index (χ3v) is 4.68.